The van der Waals surface area contributed by atoms with Crippen molar-refractivity contribution in [2.45, 2.75) is 25.5 Å². The Labute approximate surface area is 159 Å². The summed E-state index contributed by atoms with van der Waals surface area (Å²) < 4.78 is 5.14. The van der Waals surface area contributed by atoms with Gasteiger partial charge in [0.25, 0.3) is 5.91 Å². The second-order valence-electron chi connectivity index (χ2n) is 6.46. The number of ether oxygens (including phenoxy) is 1. The topological polar surface area (TPSA) is 59.1 Å². The maximum absolute atomic E-state index is 13.1. The summed E-state index contributed by atoms with van der Waals surface area (Å²) in [6.07, 6.45) is 0.666. The molecule has 2 amide bonds. The number of carbonyl (C=O) groups is 2. The van der Waals surface area contributed by atoms with Crippen molar-refractivity contribution in [2.24, 2.45) is 0 Å². The molecule has 1 aliphatic heterocycles. The standard InChI is InChI=1S/C21H24N2O4/c1-22(27-16-18-11-6-3-7-12-18)20(24)19(15-17-9-4-2-5-10-17)23-13-8-14-26-21(23)25/h2-7,9-12,19H,8,13-16H2,1H3/t19-/m0/s1. The number of hydroxylamine groups is 2. The summed E-state index contributed by atoms with van der Waals surface area (Å²) in [5, 5.41) is 1.22. The first kappa shape index (κ1) is 18.9. The van der Waals surface area contributed by atoms with Gasteiger partial charge >= 0.3 is 6.09 Å². The molecule has 0 N–H and O–H groups in total. The Kier molecular flexibility index (Phi) is 6.44. The van der Waals surface area contributed by atoms with Crippen LogP contribution in [0.2, 0.25) is 0 Å². The van der Waals surface area contributed by atoms with Gasteiger partial charge in [-0.2, -0.15) is 0 Å². The molecule has 0 radical (unpaired) electrons. The van der Waals surface area contributed by atoms with Crippen LogP contribution in [-0.2, 0) is 27.4 Å². The van der Waals surface area contributed by atoms with Gasteiger partial charge in [-0.25, -0.2) is 9.86 Å². The average molecular weight is 368 g/mol. The third kappa shape index (κ3) is 5.08. The molecule has 0 unspecified atom stereocenters. The van der Waals surface area contributed by atoms with Crippen LogP contribution < -0.4 is 0 Å². The smallest absolute Gasteiger partial charge is 0.410 e. The summed E-state index contributed by atoms with van der Waals surface area (Å²) >= 11 is 0. The van der Waals surface area contributed by atoms with Gasteiger partial charge < -0.3 is 4.74 Å². The Balaban J connectivity index is 1.71. The lowest BCUT2D eigenvalue weighted by molar-refractivity contribution is -0.188. The van der Waals surface area contributed by atoms with Crippen LogP contribution in [0.15, 0.2) is 60.7 Å². The van der Waals surface area contributed by atoms with E-state index in [9.17, 15) is 9.59 Å². The molecule has 1 fully saturated rings. The van der Waals surface area contributed by atoms with E-state index in [1.807, 2.05) is 60.7 Å². The van der Waals surface area contributed by atoms with Gasteiger partial charge in [0.15, 0.2) is 0 Å². The predicted molar refractivity (Wildman–Crippen MR) is 101 cm³/mol. The molecule has 2 aromatic rings. The molecule has 1 heterocycles. The molecule has 0 spiro atoms. The van der Waals surface area contributed by atoms with Crippen molar-refractivity contribution in [3.05, 3.63) is 71.8 Å². The Bertz CT molecular complexity index is 751. The molecule has 0 aliphatic carbocycles. The maximum Gasteiger partial charge on any atom is 0.410 e. The Morgan fingerprint density at radius 2 is 1.74 bits per heavy atom. The lowest BCUT2D eigenvalue weighted by Crippen LogP contribution is -2.53. The summed E-state index contributed by atoms with van der Waals surface area (Å²) in [7, 11) is 1.58. The first-order valence-electron chi connectivity index (χ1n) is 9.07. The summed E-state index contributed by atoms with van der Waals surface area (Å²) in [5.41, 5.74) is 1.94. The normalized spacial score (nSPS) is 15.1. The molecular formula is C21H24N2O4. The first-order chi connectivity index (χ1) is 13.1. The van der Waals surface area contributed by atoms with Crippen molar-refractivity contribution >= 4 is 12.0 Å². The minimum Gasteiger partial charge on any atom is -0.449 e. The Hall–Kier alpha value is -2.86. The van der Waals surface area contributed by atoms with E-state index >= 15 is 0 Å². The Morgan fingerprint density at radius 3 is 2.37 bits per heavy atom. The highest BCUT2D eigenvalue weighted by Gasteiger charge is 2.35. The molecule has 142 valence electrons. The molecular weight excluding hydrogens is 344 g/mol. The van der Waals surface area contributed by atoms with E-state index in [4.69, 9.17) is 9.57 Å². The molecule has 27 heavy (non-hydrogen) atoms. The van der Waals surface area contributed by atoms with Crippen LogP contribution in [0.1, 0.15) is 17.5 Å². The number of amides is 2. The molecule has 6 nitrogen and oxygen atoms in total. The van der Waals surface area contributed by atoms with Crippen LogP contribution in [0, 0.1) is 0 Å². The van der Waals surface area contributed by atoms with Crippen LogP contribution >= 0.6 is 0 Å². The van der Waals surface area contributed by atoms with Gasteiger partial charge in [0.1, 0.15) is 12.6 Å². The van der Waals surface area contributed by atoms with Gasteiger partial charge in [-0.15, -0.1) is 0 Å². The van der Waals surface area contributed by atoms with Crippen LogP contribution in [0.5, 0.6) is 0 Å². The lowest BCUT2D eigenvalue weighted by atomic mass is 10.0. The summed E-state index contributed by atoms with van der Waals surface area (Å²) in [5.74, 6) is -0.270. The summed E-state index contributed by atoms with van der Waals surface area (Å²) in [4.78, 5) is 32.4. The number of hydrogen-bond donors (Lipinski definition) is 0. The minimum absolute atomic E-state index is 0.270. The number of likely N-dealkylation sites (N-methyl/N-ethyl adjacent to an activating group) is 1. The van der Waals surface area contributed by atoms with Gasteiger partial charge in [-0.05, 0) is 17.5 Å². The van der Waals surface area contributed by atoms with Crippen molar-refractivity contribution in [1.82, 2.24) is 9.96 Å². The fourth-order valence-electron chi connectivity index (χ4n) is 3.04. The van der Waals surface area contributed by atoms with Crippen molar-refractivity contribution in [2.75, 3.05) is 20.2 Å². The van der Waals surface area contributed by atoms with Gasteiger partial charge in [0, 0.05) is 20.0 Å². The van der Waals surface area contributed by atoms with Crippen molar-refractivity contribution < 1.29 is 19.2 Å². The number of cyclic esters (lactones) is 1. The highest BCUT2D eigenvalue weighted by molar-refractivity contribution is 5.85. The largest absolute Gasteiger partial charge is 0.449 e. The van der Waals surface area contributed by atoms with Crippen LogP contribution in [0.4, 0.5) is 4.79 Å². The van der Waals surface area contributed by atoms with Crippen molar-refractivity contribution in [3.63, 3.8) is 0 Å². The van der Waals surface area contributed by atoms with E-state index in [1.165, 1.54) is 9.96 Å². The van der Waals surface area contributed by atoms with Crippen molar-refractivity contribution in [3.8, 4) is 0 Å². The molecule has 1 saturated heterocycles. The van der Waals surface area contributed by atoms with E-state index < -0.39 is 12.1 Å². The van der Waals surface area contributed by atoms with E-state index in [1.54, 1.807) is 7.05 Å². The monoisotopic (exact) mass is 368 g/mol. The zero-order chi connectivity index (χ0) is 19.1. The molecule has 0 bridgehead atoms. The third-order valence-electron chi connectivity index (χ3n) is 4.51. The highest BCUT2D eigenvalue weighted by Crippen LogP contribution is 2.17. The van der Waals surface area contributed by atoms with E-state index in [0.717, 1.165) is 11.1 Å². The number of benzene rings is 2. The van der Waals surface area contributed by atoms with Crippen LogP contribution in [0.25, 0.3) is 0 Å². The zero-order valence-electron chi connectivity index (χ0n) is 15.4. The highest BCUT2D eigenvalue weighted by atomic mass is 16.7. The molecule has 0 aromatic heterocycles. The second kappa shape index (κ2) is 9.19. The number of carbonyl (C=O) groups excluding carboxylic acids is 2. The minimum atomic E-state index is -0.666. The summed E-state index contributed by atoms with van der Waals surface area (Å²) in [6.45, 7) is 1.17. The number of rotatable bonds is 7. The Morgan fingerprint density at radius 1 is 1.11 bits per heavy atom. The van der Waals surface area contributed by atoms with Gasteiger partial charge in [-0.3, -0.25) is 14.5 Å². The molecule has 1 atom stereocenters. The average Bonchev–Trinajstić information content (AvgIpc) is 2.72. The molecule has 0 saturated carbocycles. The quantitative estimate of drug-likeness (QED) is 0.705. The van der Waals surface area contributed by atoms with E-state index in [-0.39, 0.29) is 12.5 Å². The SMILES string of the molecule is CN(OCc1ccccc1)C(=O)[C@H](Cc1ccccc1)N1CCCOC1=O. The van der Waals surface area contributed by atoms with E-state index in [0.29, 0.717) is 26.0 Å². The molecule has 1 aliphatic rings. The third-order valence-corrected chi connectivity index (χ3v) is 4.51. The van der Waals surface area contributed by atoms with Crippen molar-refractivity contribution in [1.29, 1.82) is 0 Å². The molecule has 3 rings (SSSR count). The van der Waals surface area contributed by atoms with Crippen LogP contribution in [0.3, 0.4) is 0 Å². The lowest BCUT2D eigenvalue weighted by Gasteiger charge is -2.34. The van der Waals surface area contributed by atoms with Crippen LogP contribution in [-0.4, -0.2) is 48.2 Å². The summed E-state index contributed by atoms with van der Waals surface area (Å²) in [6, 6.07) is 18.6. The predicted octanol–water partition coefficient (Wildman–Crippen LogP) is 3.03. The number of nitrogens with zero attached hydrogens (tertiary/aromatic N) is 2. The second-order valence-corrected chi connectivity index (χ2v) is 6.46. The number of hydrogen-bond acceptors (Lipinski definition) is 4. The zero-order valence-corrected chi connectivity index (χ0v) is 15.4. The molecule has 2 aromatic carbocycles. The first-order valence-corrected chi connectivity index (χ1v) is 9.07. The van der Waals surface area contributed by atoms with Gasteiger partial charge in [0.2, 0.25) is 0 Å². The fourth-order valence-corrected chi connectivity index (χ4v) is 3.04. The fraction of sp³-hybridized carbons (Fsp3) is 0.333. The maximum atomic E-state index is 13.1. The van der Waals surface area contributed by atoms with E-state index in [2.05, 4.69) is 0 Å². The molecule has 6 heteroatoms. The van der Waals surface area contributed by atoms with Gasteiger partial charge in [-0.1, -0.05) is 60.7 Å². The van der Waals surface area contributed by atoms with Gasteiger partial charge in [0.05, 0.1) is 6.61 Å².